The molecule has 182 valence electrons. The van der Waals surface area contributed by atoms with Gasteiger partial charge in [0.05, 0.1) is 6.10 Å². The lowest BCUT2D eigenvalue weighted by molar-refractivity contribution is -0.135. The quantitative estimate of drug-likeness (QED) is 0.473. The molecule has 0 aromatic carbocycles. The molecule has 0 spiro atoms. The van der Waals surface area contributed by atoms with Crippen LogP contribution in [0.3, 0.4) is 0 Å². The van der Waals surface area contributed by atoms with Crippen molar-refractivity contribution in [2.45, 2.75) is 125 Å². The van der Waals surface area contributed by atoms with Crippen LogP contribution >= 0.6 is 0 Å². The van der Waals surface area contributed by atoms with Crippen molar-refractivity contribution in [3.8, 4) is 0 Å². The van der Waals surface area contributed by atoms with E-state index in [1.807, 2.05) is 0 Å². The first-order valence-electron chi connectivity index (χ1n) is 14.1. The van der Waals surface area contributed by atoms with Gasteiger partial charge in [-0.1, -0.05) is 66.4 Å². The third-order valence-corrected chi connectivity index (χ3v) is 11.3. The average molecular weight is 443 g/mol. The lowest BCUT2D eigenvalue weighted by Gasteiger charge is -2.65. The van der Waals surface area contributed by atoms with E-state index in [1.165, 1.54) is 63.4 Å². The molecule has 4 aliphatic rings. The molecule has 2 nitrogen and oxygen atoms in total. The second kappa shape index (κ2) is 9.20. The van der Waals surface area contributed by atoms with Gasteiger partial charge in [-0.15, -0.1) is 0 Å². The van der Waals surface area contributed by atoms with Crippen LogP contribution < -0.4 is 0 Å². The van der Waals surface area contributed by atoms with E-state index in [-0.39, 0.29) is 23.4 Å². The standard InChI is InChI=1S/C30H50O2/c1-7-9-20(8-2)21-14-16-29(5)22(18-21)10-11-24-28-23(15-17-30(24,29)6)25(31)12-13-26(32)27(28)19(3)4/h19-25,31H,7-18H2,1-6H3/t20-,21-,22-,23-,24-,25?,29-,30-/m1/s1. The minimum absolute atomic E-state index is 0.224. The lowest BCUT2D eigenvalue weighted by Crippen LogP contribution is -2.57. The smallest absolute Gasteiger partial charge is 0.159 e. The summed E-state index contributed by atoms with van der Waals surface area (Å²) in [6, 6.07) is 0. The fourth-order valence-electron chi connectivity index (χ4n) is 9.32. The number of ketones is 1. The third kappa shape index (κ3) is 3.75. The summed E-state index contributed by atoms with van der Waals surface area (Å²) in [5, 5.41) is 11.1. The number of hydrogen-bond acceptors (Lipinski definition) is 2. The Labute approximate surface area is 198 Å². The molecule has 0 aromatic rings. The molecule has 0 radical (unpaired) electrons. The maximum Gasteiger partial charge on any atom is 0.159 e. The lowest BCUT2D eigenvalue weighted by atomic mass is 9.39. The van der Waals surface area contributed by atoms with Crippen LogP contribution in [-0.2, 0) is 4.79 Å². The Hall–Kier alpha value is -0.630. The molecule has 0 amide bonds. The molecule has 3 fully saturated rings. The Morgan fingerprint density at radius 1 is 1.00 bits per heavy atom. The summed E-state index contributed by atoms with van der Waals surface area (Å²) in [4.78, 5) is 13.2. The number of rotatable bonds is 5. The van der Waals surface area contributed by atoms with Crippen molar-refractivity contribution in [2.24, 2.45) is 46.3 Å². The highest BCUT2D eigenvalue weighted by Crippen LogP contribution is 2.69. The van der Waals surface area contributed by atoms with Gasteiger partial charge in [0.15, 0.2) is 5.78 Å². The molecule has 8 atom stereocenters. The first-order chi connectivity index (χ1) is 15.2. The second-order valence-corrected chi connectivity index (χ2v) is 12.9. The molecule has 0 aromatic heterocycles. The minimum atomic E-state index is -0.324. The van der Waals surface area contributed by atoms with Gasteiger partial charge in [-0.2, -0.15) is 0 Å². The molecule has 2 heteroatoms. The molecule has 32 heavy (non-hydrogen) atoms. The van der Waals surface area contributed by atoms with Crippen molar-refractivity contribution >= 4 is 5.78 Å². The SMILES string of the molecule is CCC[C@@H](CC)[C@@H]1CC[C@]2(C)[C@H](CC[C@@H]3C4=C(C(C)C)C(=O)CCC(O)[C@H]4CC[C@]32C)C1. The zero-order valence-electron chi connectivity index (χ0n) is 21.9. The van der Waals surface area contributed by atoms with Gasteiger partial charge < -0.3 is 5.11 Å². The number of Topliss-reactive ketones (excluding diaryl/α,β-unsaturated/α-hetero) is 1. The van der Waals surface area contributed by atoms with Gasteiger partial charge in [-0.05, 0) is 97.4 Å². The summed E-state index contributed by atoms with van der Waals surface area (Å²) < 4.78 is 0. The molecule has 4 rings (SSSR count). The molecule has 0 bridgehead atoms. The van der Waals surface area contributed by atoms with Crippen molar-refractivity contribution < 1.29 is 9.90 Å². The van der Waals surface area contributed by atoms with Crippen LogP contribution in [0.25, 0.3) is 0 Å². The Morgan fingerprint density at radius 3 is 2.38 bits per heavy atom. The number of hydrogen-bond donors (Lipinski definition) is 1. The van der Waals surface area contributed by atoms with E-state index in [0.29, 0.717) is 30.0 Å². The van der Waals surface area contributed by atoms with Crippen LogP contribution in [0, 0.1) is 46.3 Å². The van der Waals surface area contributed by atoms with E-state index < -0.39 is 0 Å². The predicted molar refractivity (Wildman–Crippen MR) is 133 cm³/mol. The summed E-state index contributed by atoms with van der Waals surface area (Å²) in [6.45, 7) is 14.4. The molecule has 1 unspecified atom stereocenters. The van der Waals surface area contributed by atoms with Crippen LogP contribution in [0.4, 0.5) is 0 Å². The summed E-state index contributed by atoms with van der Waals surface area (Å²) >= 11 is 0. The molecular formula is C30H50O2. The van der Waals surface area contributed by atoms with Crippen LogP contribution in [0.2, 0.25) is 0 Å². The number of aliphatic hydroxyl groups is 1. The maximum atomic E-state index is 13.2. The van der Waals surface area contributed by atoms with Crippen LogP contribution in [-0.4, -0.2) is 17.0 Å². The van der Waals surface area contributed by atoms with Crippen LogP contribution in [0.5, 0.6) is 0 Å². The summed E-state index contributed by atoms with van der Waals surface area (Å²) in [5.74, 6) is 3.99. The zero-order chi connectivity index (χ0) is 23.3. The van der Waals surface area contributed by atoms with E-state index in [1.54, 1.807) is 0 Å². The minimum Gasteiger partial charge on any atom is -0.392 e. The van der Waals surface area contributed by atoms with E-state index >= 15 is 0 Å². The highest BCUT2D eigenvalue weighted by atomic mass is 16.3. The predicted octanol–water partition coefficient (Wildman–Crippen LogP) is 7.74. The summed E-state index contributed by atoms with van der Waals surface area (Å²) in [6.07, 6.45) is 14.0. The molecule has 4 aliphatic carbocycles. The topological polar surface area (TPSA) is 37.3 Å². The van der Waals surface area contributed by atoms with E-state index in [2.05, 4.69) is 41.5 Å². The maximum absolute atomic E-state index is 13.2. The zero-order valence-corrected chi connectivity index (χ0v) is 21.9. The van der Waals surface area contributed by atoms with Gasteiger partial charge >= 0.3 is 0 Å². The third-order valence-electron chi connectivity index (χ3n) is 11.3. The van der Waals surface area contributed by atoms with Crippen molar-refractivity contribution in [3.63, 3.8) is 0 Å². The largest absolute Gasteiger partial charge is 0.392 e. The Balaban J connectivity index is 1.69. The van der Waals surface area contributed by atoms with Crippen molar-refractivity contribution in [1.29, 1.82) is 0 Å². The summed E-state index contributed by atoms with van der Waals surface area (Å²) in [7, 11) is 0. The van der Waals surface area contributed by atoms with Crippen LogP contribution in [0.15, 0.2) is 11.1 Å². The molecule has 1 N–H and O–H groups in total. The van der Waals surface area contributed by atoms with Gasteiger partial charge in [-0.25, -0.2) is 0 Å². The van der Waals surface area contributed by atoms with Crippen LogP contribution in [0.1, 0.15) is 119 Å². The first-order valence-corrected chi connectivity index (χ1v) is 14.1. The molecule has 0 saturated heterocycles. The Kier molecular flexibility index (Phi) is 7.04. The van der Waals surface area contributed by atoms with Gasteiger partial charge in [-0.3, -0.25) is 4.79 Å². The number of carbonyl (C=O) groups is 1. The Morgan fingerprint density at radius 2 is 1.72 bits per heavy atom. The van der Waals surface area contributed by atoms with Gasteiger partial charge in [0.1, 0.15) is 0 Å². The normalized spacial score (nSPS) is 43.4. The number of carbonyl (C=O) groups excluding carboxylic acids is 1. The van der Waals surface area contributed by atoms with Crippen molar-refractivity contribution in [1.82, 2.24) is 0 Å². The highest BCUT2D eigenvalue weighted by Gasteiger charge is 2.61. The Bertz CT molecular complexity index is 735. The first kappa shape index (κ1) is 24.5. The fraction of sp³-hybridized carbons (Fsp3) is 0.900. The molecule has 0 heterocycles. The molecule has 0 aliphatic heterocycles. The van der Waals surface area contributed by atoms with Gasteiger partial charge in [0, 0.05) is 12.3 Å². The van der Waals surface area contributed by atoms with E-state index in [4.69, 9.17) is 0 Å². The number of fused-ring (bicyclic) bond motifs is 5. The van der Waals surface area contributed by atoms with Crippen molar-refractivity contribution in [3.05, 3.63) is 11.1 Å². The second-order valence-electron chi connectivity index (χ2n) is 12.9. The fourth-order valence-corrected chi connectivity index (χ4v) is 9.32. The van der Waals surface area contributed by atoms with Crippen molar-refractivity contribution in [2.75, 3.05) is 0 Å². The molecule has 3 saturated carbocycles. The van der Waals surface area contributed by atoms with Gasteiger partial charge in [0.2, 0.25) is 0 Å². The molecular weight excluding hydrogens is 392 g/mol. The van der Waals surface area contributed by atoms with Gasteiger partial charge in [0.25, 0.3) is 0 Å². The summed E-state index contributed by atoms with van der Waals surface area (Å²) in [5.41, 5.74) is 3.18. The van der Waals surface area contributed by atoms with E-state index in [9.17, 15) is 9.90 Å². The highest BCUT2D eigenvalue weighted by molar-refractivity contribution is 5.97. The number of allylic oxidation sites excluding steroid dienone is 1. The number of aliphatic hydroxyl groups excluding tert-OH is 1. The average Bonchev–Trinajstić information content (AvgIpc) is 2.88. The van der Waals surface area contributed by atoms with E-state index in [0.717, 1.165) is 29.7 Å². The monoisotopic (exact) mass is 442 g/mol.